The van der Waals surface area contributed by atoms with Crippen molar-refractivity contribution >= 4 is 11.7 Å². The molecule has 0 aromatic heterocycles. The van der Waals surface area contributed by atoms with Crippen LogP contribution in [0.25, 0.3) is 0 Å². The van der Waals surface area contributed by atoms with E-state index in [1.54, 1.807) is 4.90 Å². The molecule has 23 heavy (non-hydrogen) atoms. The third-order valence-electron chi connectivity index (χ3n) is 3.83. The van der Waals surface area contributed by atoms with E-state index < -0.39 is 0 Å². The summed E-state index contributed by atoms with van der Waals surface area (Å²) in [4.78, 5) is 18.9. The molecule has 6 nitrogen and oxygen atoms in total. The zero-order chi connectivity index (χ0) is 16.5. The van der Waals surface area contributed by atoms with Crippen LogP contribution < -0.4 is 5.73 Å². The van der Waals surface area contributed by atoms with Gasteiger partial charge in [0.25, 0.3) is 5.91 Å². The van der Waals surface area contributed by atoms with Gasteiger partial charge in [0.15, 0.2) is 6.61 Å². The van der Waals surface area contributed by atoms with E-state index in [1.165, 1.54) is 5.56 Å². The SMILES string of the molecule is CCC1CN(C(=O)CO/N=C(\N)CCc2ccccc2)CCO1. The van der Waals surface area contributed by atoms with Gasteiger partial charge in [-0.2, -0.15) is 0 Å². The highest BCUT2D eigenvalue weighted by Crippen LogP contribution is 2.08. The van der Waals surface area contributed by atoms with Crippen molar-refractivity contribution in [2.45, 2.75) is 32.3 Å². The van der Waals surface area contributed by atoms with Crippen LogP contribution in [0.15, 0.2) is 35.5 Å². The fourth-order valence-corrected chi connectivity index (χ4v) is 2.42. The lowest BCUT2D eigenvalue weighted by atomic mass is 10.1. The third kappa shape index (κ3) is 5.90. The van der Waals surface area contributed by atoms with E-state index in [0.29, 0.717) is 32.0 Å². The van der Waals surface area contributed by atoms with Gasteiger partial charge in [0, 0.05) is 19.5 Å². The number of rotatable bonds is 7. The lowest BCUT2D eigenvalue weighted by Gasteiger charge is -2.32. The molecule has 6 heteroatoms. The number of nitrogens with zero attached hydrogens (tertiary/aromatic N) is 2. The van der Waals surface area contributed by atoms with Crippen LogP contribution in [0.3, 0.4) is 0 Å². The first-order chi connectivity index (χ1) is 11.2. The molecular weight excluding hydrogens is 294 g/mol. The van der Waals surface area contributed by atoms with E-state index in [2.05, 4.69) is 5.16 Å². The fourth-order valence-electron chi connectivity index (χ4n) is 2.42. The quantitative estimate of drug-likeness (QED) is 0.470. The van der Waals surface area contributed by atoms with E-state index in [-0.39, 0.29) is 18.6 Å². The van der Waals surface area contributed by atoms with Gasteiger partial charge in [-0.3, -0.25) is 4.79 Å². The molecule has 1 aliphatic heterocycles. The lowest BCUT2D eigenvalue weighted by molar-refractivity contribution is -0.143. The van der Waals surface area contributed by atoms with Gasteiger partial charge in [-0.15, -0.1) is 0 Å². The minimum Gasteiger partial charge on any atom is -0.384 e. The molecule has 1 aliphatic rings. The van der Waals surface area contributed by atoms with Crippen molar-refractivity contribution in [2.75, 3.05) is 26.3 Å². The summed E-state index contributed by atoms with van der Waals surface area (Å²) in [5, 5.41) is 3.83. The van der Waals surface area contributed by atoms with Gasteiger partial charge in [-0.1, -0.05) is 42.4 Å². The first-order valence-electron chi connectivity index (χ1n) is 8.06. The highest BCUT2D eigenvalue weighted by atomic mass is 16.6. The summed E-state index contributed by atoms with van der Waals surface area (Å²) in [5.74, 6) is 0.321. The average Bonchev–Trinajstić information content (AvgIpc) is 2.60. The number of carbonyl (C=O) groups excluding carboxylic acids is 1. The Kier molecular flexibility index (Phi) is 6.87. The van der Waals surface area contributed by atoms with Gasteiger partial charge in [0.1, 0.15) is 5.84 Å². The summed E-state index contributed by atoms with van der Waals surface area (Å²) >= 11 is 0. The number of morpholine rings is 1. The van der Waals surface area contributed by atoms with E-state index in [4.69, 9.17) is 15.3 Å². The summed E-state index contributed by atoms with van der Waals surface area (Å²) in [6, 6.07) is 10.0. The normalized spacial score (nSPS) is 18.7. The van der Waals surface area contributed by atoms with Gasteiger partial charge in [0.05, 0.1) is 12.7 Å². The molecule has 1 unspecified atom stereocenters. The number of benzene rings is 1. The number of carbonyl (C=O) groups is 1. The minimum atomic E-state index is -0.0809. The van der Waals surface area contributed by atoms with Crippen molar-refractivity contribution < 1.29 is 14.4 Å². The smallest absolute Gasteiger partial charge is 0.263 e. The second kappa shape index (κ2) is 9.15. The molecule has 0 spiro atoms. The minimum absolute atomic E-state index is 0.0774. The Labute approximate surface area is 137 Å². The predicted molar refractivity (Wildman–Crippen MR) is 88.9 cm³/mol. The van der Waals surface area contributed by atoms with Crippen molar-refractivity contribution in [3.63, 3.8) is 0 Å². The Morgan fingerprint density at radius 3 is 2.96 bits per heavy atom. The molecule has 2 N–H and O–H groups in total. The molecular formula is C17H25N3O3. The number of amides is 1. The van der Waals surface area contributed by atoms with Crippen LogP contribution in [0.4, 0.5) is 0 Å². The molecule has 1 saturated heterocycles. The molecule has 1 heterocycles. The van der Waals surface area contributed by atoms with Gasteiger partial charge in [-0.25, -0.2) is 0 Å². The number of hydrogen-bond donors (Lipinski definition) is 1. The van der Waals surface area contributed by atoms with Crippen LogP contribution in [-0.2, 0) is 20.8 Å². The Morgan fingerprint density at radius 2 is 2.22 bits per heavy atom. The van der Waals surface area contributed by atoms with E-state index in [9.17, 15) is 4.79 Å². The average molecular weight is 319 g/mol. The van der Waals surface area contributed by atoms with E-state index in [0.717, 1.165) is 12.8 Å². The van der Waals surface area contributed by atoms with E-state index in [1.807, 2.05) is 37.3 Å². The Balaban J connectivity index is 1.69. The molecule has 1 amide bonds. The number of ether oxygens (including phenoxy) is 1. The maximum atomic E-state index is 12.1. The van der Waals surface area contributed by atoms with Gasteiger partial charge < -0.3 is 20.2 Å². The molecule has 1 aromatic rings. The molecule has 1 fully saturated rings. The van der Waals surface area contributed by atoms with Gasteiger partial charge in [0.2, 0.25) is 0 Å². The number of hydrogen-bond acceptors (Lipinski definition) is 4. The molecule has 0 aliphatic carbocycles. The number of amidine groups is 1. The van der Waals surface area contributed by atoms with Crippen molar-refractivity contribution in [3.8, 4) is 0 Å². The van der Waals surface area contributed by atoms with Crippen LogP contribution in [0.2, 0.25) is 0 Å². The molecule has 2 rings (SSSR count). The maximum Gasteiger partial charge on any atom is 0.263 e. The maximum absolute atomic E-state index is 12.1. The number of nitrogens with two attached hydrogens (primary N) is 1. The van der Waals surface area contributed by atoms with Crippen molar-refractivity contribution in [1.82, 2.24) is 4.90 Å². The molecule has 1 atom stereocenters. The zero-order valence-electron chi connectivity index (χ0n) is 13.6. The predicted octanol–water partition coefficient (Wildman–Crippen LogP) is 1.55. The second-order valence-electron chi connectivity index (χ2n) is 5.58. The first-order valence-corrected chi connectivity index (χ1v) is 8.06. The molecule has 0 bridgehead atoms. The summed E-state index contributed by atoms with van der Waals surface area (Å²) in [6.07, 6.45) is 2.42. The third-order valence-corrected chi connectivity index (χ3v) is 3.83. The van der Waals surface area contributed by atoms with Crippen LogP contribution in [0, 0.1) is 0 Å². The van der Waals surface area contributed by atoms with Crippen LogP contribution in [-0.4, -0.2) is 49.0 Å². The summed E-state index contributed by atoms with van der Waals surface area (Å²) < 4.78 is 5.54. The zero-order valence-corrected chi connectivity index (χ0v) is 13.6. The summed E-state index contributed by atoms with van der Waals surface area (Å²) in [5.41, 5.74) is 7.00. The van der Waals surface area contributed by atoms with Crippen LogP contribution in [0.5, 0.6) is 0 Å². The van der Waals surface area contributed by atoms with Crippen LogP contribution >= 0.6 is 0 Å². The van der Waals surface area contributed by atoms with Crippen LogP contribution in [0.1, 0.15) is 25.3 Å². The second-order valence-corrected chi connectivity index (χ2v) is 5.58. The first kappa shape index (κ1) is 17.3. The molecule has 126 valence electrons. The number of aryl methyl sites for hydroxylation is 1. The van der Waals surface area contributed by atoms with E-state index >= 15 is 0 Å². The molecule has 0 saturated carbocycles. The highest BCUT2D eigenvalue weighted by Gasteiger charge is 2.23. The van der Waals surface area contributed by atoms with Crippen molar-refractivity contribution in [1.29, 1.82) is 0 Å². The highest BCUT2D eigenvalue weighted by molar-refractivity contribution is 5.80. The van der Waals surface area contributed by atoms with Crippen molar-refractivity contribution in [3.05, 3.63) is 35.9 Å². The van der Waals surface area contributed by atoms with Gasteiger partial charge >= 0.3 is 0 Å². The van der Waals surface area contributed by atoms with Gasteiger partial charge in [-0.05, 0) is 18.4 Å². The summed E-state index contributed by atoms with van der Waals surface area (Å²) in [6.45, 7) is 3.76. The van der Waals surface area contributed by atoms with Crippen molar-refractivity contribution in [2.24, 2.45) is 10.9 Å². The molecule has 0 radical (unpaired) electrons. The summed E-state index contributed by atoms with van der Waals surface area (Å²) in [7, 11) is 0. The fraction of sp³-hybridized carbons (Fsp3) is 0.529. The largest absolute Gasteiger partial charge is 0.384 e. The lowest BCUT2D eigenvalue weighted by Crippen LogP contribution is -2.46. The Bertz CT molecular complexity index is 519. The Morgan fingerprint density at radius 1 is 1.43 bits per heavy atom. The Hall–Kier alpha value is -2.08. The topological polar surface area (TPSA) is 77.2 Å². The standard InChI is InChI=1S/C17H25N3O3/c1-2-15-12-20(10-11-22-15)17(21)13-23-19-16(18)9-8-14-6-4-3-5-7-14/h3-7,15H,2,8-13H2,1H3,(H2,18,19). The molecule has 1 aromatic carbocycles. The number of oxime groups is 1. The monoisotopic (exact) mass is 319 g/mol.